The summed E-state index contributed by atoms with van der Waals surface area (Å²) in [6.07, 6.45) is 1.71. The lowest BCUT2D eigenvalue weighted by molar-refractivity contribution is 0.0971. The highest BCUT2D eigenvalue weighted by atomic mass is 19.1. The number of hydrogen-bond donors (Lipinski definition) is 2. The van der Waals surface area contributed by atoms with Gasteiger partial charge in [0.2, 0.25) is 0 Å². The van der Waals surface area contributed by atoms with Gasteiger partial charge in [-0.1, -0.05) is 6.07 Å². The molecule has 0 bridgehead atoms. The van der Waals surface area contributed by atoms with Gasteiger partial charge in [-0.15, -0.1) is 0 Å². The number of Topliss-reactive ketones (excluding diaryl/α,β-unsaturated/α-hetero) is 1. The zero-order valence-electron chi connectivity index (χ0n) is 11.6. The predicted molar refractivity (Wildman–Crippen MR) is 78.7 cm³/mol. The summed E-state index contributed by atoms with van der Waals surface area (Å²) in [5, 5.41) is 2.45. The van der Waals surface area contributed by atoms with E-state index in [-0.39, 0.29) is 17.0 Å². The molecule has 0 saturated carbocycles. The molecule has 1 amide bonds. The van der Waals surface area contributed by atoms with Gasteiger partial charge in [0.15, 0.2) is 5.78 Å². The molecule has 6 heteroatoms. The highest BCUT2D eigenvalue weighted by Gasteiger charge is 2.22. The number of H-pyrrole nitrogens is 1. The van der Waals surface area contributed by atoms with E-state index in [0.29, 0.717) is 30.5 Å². The standard InChI is InChI=1S/C16H13FN2O3/c17-9-3-1-4-10(7-9)18-15(21)12-8-11-13(19-16(12)22)5-2-6-14(11)20/h1,3-4,7-8H,2,5-6H2,(H,18,21)(H,19,22). The third-order valence-electron chi connectivity index (χ3n) is 3.58. The molecule has 0 aliphatic heterocycles. The van der Waals surface area contributed by atoms with Crippen LogP contribution in [0.1, 0.15) is 39.3 Å². The molecule has 112 valence electrons. The Hall–Kier alpha value is -2.76. The van der Waals surface area contributed by atoms with Crippen LogP contribution in [0.15, 0.2) is 35.1 Å². The first-order valence-electron chi connectivity index (χ1n) is 6.91. The number of hydrogen-bond acceptors (Lipinski definition) is 3. The van der Waals surface area contributed by atoms with E-state index in [9.17, 15) is 18.8 Å². The topological polar surface area (TPSA) is 79.0 Å². The van der Waals surface area contributed by atoms with Gasteiger partial charge in [0.05, 0.1) is 0 Å². The number of benzene rings is 1. The maximum Gasteiger partial charge on any atom is 0.261 e. The predicted octanol–water partition coefficient (Wildman–Crippen LogP) is 2.29. The van der Waals surface area contributed by atoms with Crippen molar-refractivity contribution in [2.24, 2.45) is 0 Å². The second kappa shape index (κ2) is 5.55. The molecule has 3 rings (SSSR count). The molecule has 0 atom stereocenters. The van der Waals surface area contributed by atoms with Crippen molar-refractivity contribution in [2.45, 2.75) is 19.3 Å². The smallest absolute Gasteiger partial charge is 0.261 e. The van der Waals surface area contributed by atoms with Crippen LogP contribution in [-0.4, -0.2) is 16.7 Å². The Bertz CT molecular complexity index is 826. The van der Waals surface area contributed by atoms with Crippen LogP contribution in [0.3, 0.4) is 0 Å². The van der Waals surface area contributed by atoms with Crippen molar-refractivity contribution in [1.29, 1.82) is 0 Å². The Balaban J connectivity index is 1.94. The van der Waals surface area contributed by atoms with Crippen LogP contribution in [0.25, 0.3) is 0 Å². The van der Waals surface area contributed by atoms with E-state index < -0.39 is 17.3 Å². The molecule has 1 heterocycles. The van der Waals surface area contributed by atoms with Crippen molar-refractivity contribution >= 4 is 17.4 Å². The van der Waals surface area contributed by atoms with Crippen molar-refractivity contribution in [3.8, 4) is 0 Å². The van der Waals surface area contributed by atoms with Gasteiger partial charge >= 0.3 is 0 Å². The summed E-state index contributed by atoms with van der Waals surface area (Å²) in [7, 11) is 0. The third kappa shape index (κ3) is 2.67. The third-order valence-corrected chi connectivity index (χ3v) is 3.58. The quantitative estimate of drug-likeness (QED) is 0.893. The van der Waals surface area contributed by atoms with E-state index in [2.05, 4.69) is 10.3 Å². The number of halogens is 1. The Morgan fingerprint density at radius 1 is 1.18 bits per heavy atom. The highest BCUT2D eigenvalue weighted by molar-refractivity contribution is 6.06. The number of aryl methyl sites for hydroxylation is 1. The number of nitrogens with one attached hydrogen (secondary N) is 2. The maximum absolute atomic E-state index is 13.1. The Kier molecular flexibility index (Phi) is 3.58. The van der Waals surface area contributed by atoms with Crippen molar-refractivity contribution in [2.75, 3.05) is 5.32 Å². The van der Waals surface area contributed by atoms with Gasteiger partial charge in [0.25, 0.3) is 11.5 Å². The molecule has 0 fully saturated rings. The fourth-order valence-electron chi connectivity index (χ4n) is 2.51. The van der Waals surface area contributed by atoms with Gasteiger partial charge in [-0.05, 0) is 37.1 Å². The van der Waals surface area contributed by atoms with Crippen molar-refractivity contribution in [3.05, 3.63) is 63.3 Å². The number of fused-ring (bicyclic) bond motifs is 1. The number of aromatic amines is 1. The zero-order valence-corrected chi connectivity index (χ0v) is 11.6. The zero-order chi connectivity index (χ0) is 15.7. The van der Waals surface area contributed by atoms with Crippen molar-refractivity contribution < 1.29 is 14.0 Å². The second-order valence-corrected chi connectivity index (χ2v) is 5.15. The molecule has 1 aromatic heterocycles. The molecule has 0 saturated heterocycles. The van der Waals surface area contributed by atoms with E-state index in [1.165, 1.54) is 24.3 Å². The Morgan fingerprint density at radius 3 is 2.77 bits per heavy atom. The van der Waals surface area contributed by atoms with Crippen LogP contribution < -0.4 is 10.9 Å². The van der Waals surface area contributed by atoms with E-state index >= 15 is 0 Å². The summed E-state index contributed by atoms with van der Waals surface area (Å²) in [6, 6.07) is 6.68. The van der Waals surface area contributed by atoms with Crippen LogP contribution >= 0.6 is 0 Å². The first-order valence-corrected chi connectivity index (χ1v) is 6.91. The molecule has 22 heavy (non-hydrogen) atoms. The minimum Gasteiger partial charge on any atom is -0.325 e. The lowest BCUT2D eigenvalue weighted by atomic mass is 9.93. The second-order valence-electron chi connectivity index (χ2n) is 5.15. The monoisotopic (exact) mass is 300 g/mol. The summed E-state index contributed by atoms with van der Waals surface area (Å²) in [6.45, 7) is 0. The molecule has 1 aliphatic rings. The fraction of sp³-hybridized carbons (Fsp3) is 0.188. The lowest BCUT2D eigenvalue weighted by Gasteiger charge is -2.15. The minimum absolute atomic E-state index is 0.0858. The summed E-state index contributed by atoms with van der Waals surface area (Å²) < 4.78 is 13.1. The van der Waals surface area contributed by atoms with Gasteiger partial charge in [-0.3, -0.25) is 14.4 Å². The number of ketones is 1. The van der Waals surface area contributed by atoms with Crippen LogP contribution in [0.4, 0.5) is 10.1 Å². The SMILES string of the molecule is O=C1CCCc2[nH]c(=O)c(C(=O)Nc3cccc(F)c3)cc21. The fourth-order valence-corrected chi connectivity index (χ4v) is 2.51. The molecule has 1 aliphatic carbocycles. The van der Waals surface area contributed by atoms with Gasteiger partial charge in [0, 0.05) is 23.4 Å². The van der Waals surface area contributed by atoms with E-state index in [4.69, 9.17) is 0 Å². The number of amides is 1. The number of rotatable bonds is 2. The van der Waals surface area contributed by atoms with Crippen LogP contribution in [0.2, 0.25) is 0 Å². The molecular formula is C16H13FN2O3. The summed E-state index contributed by atoms with van der Waals surface area (Å²) in [5.41, 5.74) is 0.493. The summed E-state index contributed by atoms with van der Waals surface area (Å²) in [4.78, 5) is 38.6. The molecule has 0 radical (unpaired) electrons. The van der Waals surface area contributed by atoms with E-state index in [0.717, 1.165) is 6.07 Å². The van der Waals surface area contributed by atoms with Crippen LogP contribution in [-0.2, 0) is 6.42 Å². The van der Waals surface area contributed by atoms with E-state index in [1.807, 2.05) is 0 Å². The molecule has 0 unspecified atom stereocenters. The lowest BCUT2D eigenvalue weighted by Crippen LogP contribution is -2.27. The summed E-state index contributed by atoms with van der Waals surface area (Å²) in [5.74, 6) is -1.25. The molecule has 0 spiro atoms. The number of carbonyl (C=O) groups is 2. The van der Waals surface area contributed by atoms with Gasteiger partial charge in [0.1, 0.15) is 11.4 Å². The normalized spacial score (nSPS) is 13.6. The number of aromatic nitrogens is 1. The summed E-state index contributed by atoms with van der Waals surface area (Å²) >= 11 is 0. The number of carbonyl (C=O) groups excluding carboxylic acids is 2. The van der Waals surface area contributed by atoms with Crippen molar-refractivity contribution in [1.82, 2.24) is 4.98 Å². The van der Waals surface area contributed by atoms with Gasteiger partial charge in [-0.25, -0.2) is 4.39 Å². The molecule has 1 aromatic carbocycles. The Labute approximate surface area is 125 Å². The first-order chi connectivity index (χ1) is 10.5. The van der Waals surface area contributed by atoms with Crippen LogP contribution in [0, 0.1) is 5.82 Å². The molecular weight excluding hydrogens is 287 g/mol. The first kappa shape index (κ1) is 14.2. The maximum atomic E-state index is 13.1. The molecule has 2 aromatic rings. The van der Waals surface area contributed by atoms with Gasteiger partial charge < -0.3 is 10.3 Å². The minimum atomic E-state index is -0.673. The van der Waals surface area contributed by atoms with Crippen LogP contribution in [0.5, 0.6) is 0 Å². The number of pyridine rings is 1. The van der Waals surface area contributed by atoms with Gasteiger partial charge in [-0.2, -0.15) is 0 Å². The molecule has 5 nitrogen and oxygen atoms in total. The van der Waals surface area contributed by atoms with Crippen molar-refractivity contribution in [3.63, 3.8) is 0 Å². The van der Waals surface area contributed by atoms with E-state index in [1.54, 1.807) is 0 Å². The number of anilines is 1. The highest BCUT2D eigenvalue weighted by Crippen LogP contribution is 2.19. The average molecular weight is 300 g/mol. The average Bonchev–Trinajstić information content (AvgIpc) is 2.46. The Morgan fingerprint density at radius 2 is 2.00 bits per heavy atom. The largest absolute Gasteiger partial charge is 0.325 e. The molecule has 2 N–H and O–H groups in total.